The maximum absolute atomic E-state index is 13.0. The molecule has 2 aromatic carbocycles. The minimum absolute atomic E-state index is 0.0733. The van der Waals surface area contributed by atoms with Crippen LogP contribution in [0.1, 0.15) is 10.4 Å². The molecule has 27 heavy (non-hydrogen) atoms. The smallest absolute Gasteiger partial charge is 0.405 e. The van der Waals surface area contributed by atoms with Crippen LogP contribution in [0.5, 0.6) is 5.75 Å². The molecule has 0 aliphatic carbocycles. The third-order valence-electron chi connectivity index (χ3n) is 3.82. The van der Waals surface area contributed by atoms with Gasteiger partial charge in [0.05, 0.1) is 17.1 Å². The van der Waals surface area contributed by atoms with Crippen LogP contribution >= 0.6 is 0 Å². The molecule has 144 valence electrons. The molecule has 0 saturated heterocycles. The molecule has 6 nitrogen and oxygen atoms in total. The number of carbonyl (C=O) groups excluding carboxylic acids is 1. The van der Waals surface area contributed by atoms with Gasteiger partial charge in [-0.25, -0.2) is 8.42 Å². The molecule has 0 aromatic heterocycles. The average Bonchev–Trinajstić information content (AvgIpc) is 2.65. The summed E-state index contributed by atoms with van der Waals surface area (Å²) in [6.45, 7) is -1.27. The van der Waals surface area contributed by atoms with Crippen molar-refractivity contribution in [2.75, 3.05) is 24.0 Å². The van der Waals surface area contributed by atoms with Crippen molar-refractivity contribution in [2.45, 2.75) is 11.1 Å². The maximum Gasteiger partial charge on any atom is 0.405 e. The van der Waals surface area contributed by atoms with Gasteiger partial charge in [0.1, 0.15) is 18.9 Å². The Balaban J connectivity index is 1.90. The fourth-order valence-corrected chi connectivity index (χ4v) is 4.11. The van der Waals surface area contributed by atoms with Crippen molar-refractivity contribution in [1.82, 2.24) is 5.32 Å². The first-order valence-electron chi connectivity index (χ1n) is 7.88. The van der Waals surface area contributed by atoms with Gasteiger partial charge in [-0.15, -0.1) is 0 Å². The predicted octanol–water partition coefficient (Wildman–Crippen LogP) is 2.57. The Morgan fingerprint density at radius 1 is 1.15 bits per heavy atom. The fourth-order valence-electron chi connectivity index (χ4n) is 2.60. The Bertz CT molecular complexity index is 961. The van der Waals surface area contributed by atoms with Crippen LogP contribution in [0.3, 0.4) is 0 Å². The lowest BCUT2D eigenvalue weighted by molar-refractivity contribution is -0.123. The third kappa shape index (κ3) is 4.16. The summed E-state index contributed by atoms with van der Waals surface area (Å²) in [6, 6.07) is 11.5. The van der Waals surface area contributed by atoms with Crippen LogP contribution in [0.15, 0.2) is 53.4 Å². The Morgan fingerprint density at radius 3 is 2.63 bits per heavy atom. The van der Waals surface area contributed by atoms with Crippen LogP contribution in [-0.4, -0.2) is 40.2 Å². The zero-order chi connectivity index (χ0) is 19.7. The van der Waals surface area contributed by atoms with Gasteiger partial charge in [-0.3, -0.25) is 9.10 Å². The van der Waals surface area contributed by atoms with Crippen molar-refractivity contribution < 1.29 is 31.1 Å². The summed E-state index contributed by atoms with van der Waals surface area (Å²) >= 11 is 0. The Kier molecular flexibility index (Phi) is 5.01. The molecule has 1 N–H and O–H groups in total. The highest BCUT2D eigenvalue weighted by atomic mass is 32.2. The lowest BCUT2D eigenvalue weighted by Crippen LogP contribution is -2.38. The van der Waals surface area contributed by atoms with Crippen molar-refractivity contribution in [2.24, 2.45) is 0 Å². The van der Waals surface area contributed by atoms with Gasteiger partial charge in [-0.2, -0.15) is 13.2 Å². The van der Waals surface area contributed by atoms with E-state index < -0.39 is 28.7 Å². The van der Waals surface area contributed by atoms with Crippen LogP contribution in [0, 0.1) is 0 Å². The van der Waals surface area contributed by atoms with E-state index in [-0.39, 0.29) is 23.6 Å². The molecule has 0 saturated carbocycles. The van der Waals surface area contributed by atoms with E-state index in [1.165, 1.54) is 18.2 Å². The zero-order valence-corrected chi connectivity index (χ0v) is 14.7. The van der Waals surface area contributed by atoms with Gasteiger partial charge in [0.2, 0.25) is 0 Å². The second-order valence-electron chi connectivity index (χ2n) is 5.72. The molecule has 10 heteroatoms. The Hall–Kier alpha value is -2.75. The van der Waals surface area contributed by atoms with Crippen LogP contribution < -0.4 is 14.4 Å². The second kappa shape index (κ2) is 7.10. The minimum atomic E-state index is -4.56. The number of carbonyl (C=O) groups is 1. The lowest BCUT2D eigenvalue weighted by atomic mass is 10.2. The monoisotopic (exact) mass is 400 g/mol. The highest BCUT2D eigenvalue weighted by molar-refractivity contribution is 7.92. The first kappa shape index (κ1) is 19.0. The van der Waals surface area contributed by atoms with Crippen molar-refractivity contribution >= 4 is 21.6 Å². The van der Waals surface area contributed by atoms with Crippen LogP contribution in [0.25, 0.3) is 0 Å². The van der Waals surface area contributed by atoms with Crippen molar-refractivity contribution in [3.8, 4) is 5.75 Å². The van der Waals surface area contributed by atoms with E-state index >= 15 is 0 Å². The van der Waals surface area contributed by atoms with Gasteiger partial charge in [-0.05, 0) is 30.3 Å². The summed E-state index contributed by atoms with van der Waals surface area (Å²) in [6.07, 6.45) is -4.56. The molecule has 1 aliphatic rings. The molecule has 0 spiro atoms. The summed E-state index contributed by atoms with van der Waals surface area (Å²) in [5.41, 5.74) is 0.178. The molecule has 1 aliphatic heterocycles. The topological polar surface area (TPSA) is 75.7 Å². The molecule has 0 radical (unpaired) electrons. The number of alkyl halides is 3. The van der Waals surface area contributed by atoms with E-state index in [9.17, 15) is 26.4 Å². The van der Waals surface area contributed by atoms with E-state index in [0.29, 0.717) is 11.4 Å². The molecular weight excluding hydrogens is 385 g/mol. The number of benzene rings is 2. The quantitative estimate of drug-likeness (QED) is 0.856. The molecule has 3 rings (SSSR count). The number of ether oxygens (including phenoxy) is 1. The van der Waals surface area contributed by atoms with Gasteiger partial charge in [0.25, 0.3) is 15.9 Å². The van der Waals surface area contributed by atoms with E-state index in [4.69, 9.17) is 4.74 Å². The first-order chi connectivity index (χ1) is 12.7. The van der Waals surface area contributed by atoms with Crippen LogP contribution in [-0.2, 0) is 10.0 Å². The number of amides is 1. The highest BCUT2D eigenvalue weighted by Crippen LogP contribution is 2.34. The summed E-state index contributed by atoms with van der Waals surface area (Å²) in [5, 5.41) is 1.72. The molecule has 0 atom stereocenters. The van der Waals surface area contributed by atoms with Gasteiger partial charge in [-0.1, -0.05) is 18.2 Å². The SMILES string of the molecule is O=C(NCC(F)(F)F)c1cccc(S(=O)(=O)N2CCOc3ccccc32)c1. The zero-order valence-electron chi connectivity index (χ0n) is 13.9. The number of fused-ring (bicyclic) bond motifs is 1. The third-order valence-corrected chi connectivity index (χ3v) is 5.63. The molecule has 0 fully saturated rings. The number of para-hydroxylation sites is 2. The van der Waals surface area contributed by atoms with E-state index in [1.807, 2.05) is 0 Å². The van der Waals surface area contributed by atoms with E-state index in [0.717, 1.165) is 10.4 Å². The summed E-state index contributed by atoms with van der Waals surface area (Å²) < 4.78 is 69.4. The largest absolute Gasteiger partial charge is 0.489 e. The second-order valence-corrected chi connectivity index (χ2v) is 7.58. The molecule has 1 heterocycles. The summed E-state index contributed by atoms with van der Waals surface area (Å²) in [4.78, 5) is 11.7. The molecule has 0 bridgehead atoms. The molecule has 1 amide bonds. The first-order valence-corrected chi connectivity index (χ1v) is 9.32. The number of nitrogens with one attached hydrogen (secondary N) is 1. The lowest BCUT2D eigenvalue weighted by Gasteiger charge is -2.30. The van der Waals surface area contributed by atoms with Gasteiger partial charge < -0.3 is 10.1 Å². The Labute approximate surface area is 153 Å². The fraction of sp³-hybridized carbons (Fsp3) is 0.235. The predicted molar refractivity (Wildman–Crippen MR) is 91.3 cm³/mol. The number of sulfonamides is 1. The number of nitrogens with zero attached hydrogens (tertiary/aromatic N) is 1. The van der Waals surface area contributed by atoms with Crippen LogP contribution in [0.2, 0.25) is 0 Å². The van der Waals surface area contributed by atoms with Crippen molar-refractivity contribution in [3.05, 3.63) is 54.1 Å². The van der Waals surface area contributed by atoms with Crippen LogP contribution in [0.4, 0.5) is 18.9 Å². The van der Waals surface area contributed by atoms with Gasteiger partial charge in [0.15, 0.2) is 0 Å². The van der Waals surface area contributed by atoms with Crippen molar-refractivity contribution in [3.63, 3.8) is 0 Å². The molecule has 0 unspecified atom stereocenters. The average molecular weight is 400 g/mol. The standard InChI is InChI=1S/C17H15F3N2O4S/c18-17(19,20)11-21-16(23)12-4-3-5-13(10-12)27(24,25)22-8-9-26-15-7-2-1-6-14(15)22/h1-7,10H,8-9,11H2,(H,21,23). The Morgan fingerprint density at radius 2 is 1.89 bits per heavy atom. The van der Waals surface area contributed by atoms with Gasteiger partial charge in [0, 0.05) is 5.56 Å². The van der Waals surface area contributed by atoms with Crippen molar-refractivity contribution in [1.29, 1.82) is 0 Å². The number of anilines is 1. The number of hydrogen-bond acceptors (Lipinski definition) is 4. The molecular formula is C17H15F3N2O4S. The summed E-state index contributed by atoms with van der Waals surface area (Å²) in [5.74, 6) is -0.599. The number of rotatable bonds is 4. The number of halogens is 3. The van der Waals surface area contributed by atoms with E-state index in [2.05, 4.69) is 0 Å². The maximum atomic E-state index is 13.0. The highest BCUT2D eigenvalue weighted by Gasteiger charge is 2.31. The minimum Gasteiger partial charge on any atom is -0.489 e. The normalized spacial score (nSPS) is 14.3. The van der Waals surface area contributed by atoms with E-state index in [1.54, 1.807) is 29.6 Å². The number of hydrogen-bond donors (Lipinski definition) is 1. The van der Waals surface area contributed by atoms with Gasteiger partial charge >= 0.3 is 6.18 Å². The molecule has 2 aromatic rings. The summed E-state index contributed by atoms with van der Waals surface area (Å²) in [7, 11) is -4.02.